The van der Waals surface area contributed by atoms with Crippen molar-refractivity contribution in [1.29, 1.82) is 0 Å². The highest BCUT2D eigenvalue weighted by Gasteiger charge is 2.22. The van der Waals surface area contributed by atoms with E-state index in [0.29, 0.717) is 30.5 Å². The maximum absolute atomic E-state index is 12.5. The maximum atomic E-state index is 12.5. The first-order valence-corrected chi connectivity index (χ1v) is 8.99. The summed E-state index contributed by atoms with van der Waals surface area (Å²) in [4.78, 5) is 0.0576. The van der Waals surface area contributed by atoms with Crippen LogP contribution in [0.15, 0.2) is 41.3 Å². The van der Waals surface area contributed by atoms with Crippen molar-refractivity contribution in [2.45, 2.75) is 24.2 Å². The SMILES string of the molecule is O=S(=O)(Oc1ccc2c(c1)CCC2)c1ccc2c(c1)OCCO2. The lowest BCUT2D eigenvalue weighted by atomic mass is 10.1. The summed E-state index contributed by atoms with van der Waals surface area (Å²) in [5, 5.41) is 0. The molecule has 0 N–H and O–H groups in total. The number of aryl methyl sites for hydroxylation is 2. The van der Waals surface area contributed by atoms with Crippen LogP contribution >= 0.6 is 0 Å². The largest absolute Gasteiger partial charge is 0.486 e. The smallest absolute Gasteiger partial charge is 0.339 e. The fourth-order valence-electron chi connectivity index (χ4n) is 2.95. The topological polar surface area (TPSA) is 61.8 Å². The highest BCUT2D eigenvalue weighted by molar-refractivity contribution is 7.87. The molecule has 0 unspecified atom stereocenters. The van der Waals surface area contributed by atoms with Crippen molar-refractivity contribution in [2.24, 2.45) is 0 Å². The van der Waals surface area contributed by atoms with Crippen LogP contribution in [-0.2, 0) is 23.0 Å². The molecule has 2 aromatic carbocycles. The van der Waals surface area contributed by atoms with E-state index in [0.717, 1.165) is 19.3 Å². The van der Waals surface area contributed by atoms with Crippen molar-refractivity contribution in [1.82, 2.24) is 0 Å². The lowest BCUT2D eigenvalue weighted by Crippen LogP contribution is -2.16. The number of fused-ring (bicyclic) bond motifs is 2. The summed E-state index contributed by atoms with van der Waals surface area (Å²) in [6.45, 7) is 0.868. The van der Waals surface area contributed by atoms with Gasteiger partial charge in [-0.3, -0.25) is 0 Å². The van der Waals surface area contributed by atoms with Gasteiger partial charge in [0.15, 0.2) is 11.5 Å². The second kappa shape index (κ2) is 5.45. The third kappa shape index (κ3) is 2.74. The Labute approximate surface area is 134 Å². The minimum absolute atomic E-state index is 0.0576. The van der Waals surface area contributed by atoms with Gasteiger partial charge < -0.3 is 13.7 Å². The van der Waals surface area contributed by atoms with Crippen LogP contribution in [0.25, 0.3) is 0 Å². The van der Waals surface area contributed by atoms with Gasteiger partial charge in [-0.05, 0) is 54.7 Å². The summed E-state index contributed by atoms with van der Waals surface area (Å²) in [5.74, 6) is 1.32. The third-order valence-electron chi connectivity index (χ3n) is 4.08. The Morgan fingerprint density at radius 3 is 2.52 bits per heavy atom. The molecule has 0 saturated carbocycles. The number of ether oxygens (including phenoxy) is 2. The second-order valence-electron chi connectivity index (χ2n) is 5.63. The summed E-state index contributed by atoms with van der Waals surface area (Å²) >= 11 is 0. The first-order chi connectivity index (χ1) is 11.1. The van der Waals surface area contributed by atoms with Crippen LogP contribution in [0, 0.1) is 0 Å². The van der Waals surface area contributed by atoms with Crippen LogP contribution < -0.4 is 13.7 Å². The fourth-order valence-corrected chi connectivity index (χ4v) is 3.89. The molecule has 0 saturated heterocycles. The quantitative estimate of drug-likeness (QED) is 0.809. The molecule has 120 valence electrons. The van der Waals surface area contributed by atoms with Gasteiger partial charge in [-0.2, -0.15) is 8.42 Å². The first kappa shape index (κ1) is 14.4. The van der Waals surface area contributed by atoms with E-state index in [1.807, 2.05) is 12.1 Å². The van der Waals surface area contributed by atoms with Crippen LogP contribution in [0.3, 0.4) is 0 Å². The molecule has 0 fully saturated rings. The molecule has 0 atom stereocenters. The standard InChI is InChI=1S/C17H16O5S/c18-23(19,15-6-7-16-17(11-15)21-9-8-20-16)22-14-5-4-12-2-1-3-13(12)10-14/h4-7,10-11H,1-3,8-9H2. The molecule has 4 rings (SSSR count). The summed E-state index contributed by atoms with van der Waals surface area (Å²) < 4.78 is 41.0. The van der Waals surface area contributed by atoms with E-state index >= 15 is 0 Å². The van der Waals surface area contributed by atoms with Crippen LogP contribution in [0.4, 0.5) is 0 Å². The fraction of sp³-hybridized carbons (Fsp3) is 0.294. The van der Waals surface area contributed by atoms with Crippen molar-refractivity contribution in [3.63, 3.8) is 0 Å². The van der Waals surface area contributed by atoms with E-state index in [2.05, 4.69) is 0 Å². The van der Waals surface area contributed by atoms with E-state index in [9.17, 15) is 8.42 Å². The van der Waals surface area contributed by atoms with Crippen molar-refractivity contribution < 1.29 is 22.1 Å². The molecule has 0 aromatic heterocycles. The van der Waals surface area contributed by atoms with Gasteiger partial charge in [0, 0.05) is 6.07 Å². The van der Waals surface area contributed by atoms with E-state index in [-0.39, 0.29) is 4.90 Å². The van der Waals surface area contributed by atoms with Crippen molar-refractivity contribution >= 4 is 10.1 Å². The van der Waals surface area contributed by atoms with Gasteiger partial charge in [-0.1, -0.05) is 6.07 Å². The molecule has 0 bridgehead atoms. The van der Waals surface area contributed by atoms with E-state index in [1.165, 1.54) is 23.3 Å². The molecule has 0 radical (unpaired) electrons. The third-order valence-corrected chi connectivity index (χ3v) is 5.32. The molecular formula is C17H16O5S. The molecule has 5 nitrogen and oxygen atoms in total. The Morgan fingerprint density at radius 2 is 1.65 bits per heavy atom. The van der Waals surface area contributed by atoms with Gasteiger partial charge in [0.2, 0.25) is 0 Å². The lowest BCUT2D eigenvalue weighted by molar-refractivity contribution is 0.171. The molecule has 23 heavy (non-hydrogen) atoms. The Bertz CT molecular complexity index is 857. The predicted octanol–water partition coefficient (Wildman–Crippen LogP) is 2.71. The summed E-state index contributed by atoms with van der Waals surface area (Å²) in [5.41, 5.74) is 2.44. The second-order valence-corrected chi connectivity index (χ2v) is 7.17. The van der Waals surface area contributed by atoms with Crippen molar-refractivity contribution in [3.8, 4) is 17.2 Å². The minimum atomic E-state index is -3.90. The van der Waals surface area contributed by atoms with Crippen LogP contribution in [-0.4, -0.2) is 21.6 Å². The Balaban J connectivity index is 1.63. The minimum Gasteiger partial charge on any atom is -0.486 e. The van der Waals surface area contributed by atoms with Crippen LogP contribution in [0.5, 0.6) is 17.2 Å². The zero-order valence-corrected chi connectivity index (χ0v) is 13.3. The lowest BCUT2D eigenvalue weighted by Gasteiger charge is -2.18. The van der Waals surface area contributed by atoms with Crippen molar-refractivity contribution in [2.75, 3.05) is 13.2 Å². The molecule has 1 heterocycles. The van der Waals surface area contributed by atoms with Gasteiger partial charge in [0.1, 0.15) is 23.9 Å². The maximum Gasteiger partial charge on any atom is 0.339 e. The number of hydrogen-bond donors (Lipinski definition) is 0. The molecule has 2 aliphatic rings. The van der Waals surface area contributed by atoms with Crippen LogP contribution in [0.1, 0.15) is 17.5 Å². The highest BCUT2D eigenvalue weighted by Crippen LogP contribution is 2.33. The van der Waals surface area contributed by atoms with E-state index in [1.54, 1.807) is 12.1 Å². The van der Waals surface area contributed by atoms with Gasteiger partial charge in [0.05, 0.1) is 0 Å². The summed E-state index contributed by atoms with van der Waals surface area (Å²) in [7, 11) is -3.90. The first-order valence-electron chi connectivity index (χ1n) is 7.58. The van der Waals surface area contributed by atoms with Gasteiger partial charge in [0.25, 0.3) is 0 Å². The zero-order valence-electron chi connectivity index (χ0n) is 12.4. The van der Waals surface area contributed by atoms with Gasteiger partial charge in [-0.25, -0.2) is 0 Å². The Hall–Kier alpha value is -2.21. The molecular weight excluding hydrogens is 316 g/mol. The van der Waals surface area contributed by atoms with E-state index < -0.39 is 10.1 Å². The molecule has 1 aliphatic carbocycles. The monoisotopic (exact) mass is 332 g/mol. The number of rotatable bonds is 3. The normalized spacial score (nSPS) is 16.0. The van der Waals surface area contributed by atoms with Gasteiger partial charge in [-0.15, -0.1) is 0 Å². The Kier molecular flexibility index (Phi) is 3.41. The van der Waals surface area contributed by atoms with E-state index in [4.69, 9.17) is 13.7 Å². The Morgan fingerprint density at radius 1 is 0.870 bits per heavy atom. The number of hydrogen-bond acceptors (Lipinski definition) is 5. The van der Waals surface area contributed by atoms with Crippen molar-refractivity contribution in [3.05, 3.63) is 47.5 Å². The van der Waals surface area contributed by atoms with Gasteiger partial charge >= 0.3 is 10.1 Å². The zero-order chi connectivity index (χ0) is 15.9. The predicted molar refractivity (Wildman–Crippen MR) is 83.7 cm³/mol. The van der Waals surface area contributed by atoms with Crippen LogP contribution in [0.2, 0.25) is 0 Å². The molecule has 1 aliphatic heterocycles. The molecule has 0 amide bonds. The molecule has 0 spiro atoms. The summed E-state index contributed by atoms with van der Waals surface area (Å²) in [6.07, 6.45) is 3.12. The average molecular weight is 332 g/mol. The molecule has 6 heteroatoms. The number of benzene rings is 2. The highest BCUT2D eigenvalue weighted by atomic mass is 32.2. The molecule has 2 aromatic rings. The average Bonchev–Trinajstić information content (AvgIpc) is 3.01. The summed E-state index contributed by atoms with van der Waals surface area (Å²) in [6, 6.07) is 9.97.